The molecule has 1 aromatic rings. The van der Waals surface area contributed by atoms with Crippen LogP contribution in [0.3, 0.4) is 0 Å². The Morgan fingerprint density at radius 2 is 2.32 bits per heavy atom. The number of nitrogens with one attached hydrogen (secondary N) is 1. The minimum Gasteiger partial charge on any atom is -0.481 e. The third-order valence-corrected chi connectivity index (χ3v) is 3.18. The molecule has 0 unspecified atom stereocenters. The van der Waals surface area contributed by atoms with Crippen molar-refractivity contribution in [2.24, 2.45) is 0 Å². The quantitative estimate of drug-likeness (QED) is 0.765. The lowest BCUT2D eigenvalue weighted by molar-refractivity contribution is -0.312. The van der Waals surface area contributed by atoms with Crippen LogP contribution in [0.2, 0.25) is 0 Å². The monoisotopic (exact) mass is 262 g/mol. The van der Waals surface area contributed by atoms with Gasteiger partial charge in [-0.05, 0) is 25.0 Å². The number of hydrogen-bond acceptors (Lipinski definition) is 1. The van der Waals surface area contributed by atoms with E-state index in [0.29, 0.717) is 12.8 Å². The van der Waals surface area contributed by atoms with E-state index in [1.807, 2.05) is 30.5 Å². The van der Waals surface area contributed by atoms with Gasteiger partial charge < -0.3 is 18.9 Å². The standard InChI is InChI=1S/C13H16BFN2O2/c15-14-17-9-3-6-12(17)10(4-1-7-13(18)19)11-5-2-8-16-11/h2-3,5-6,8-9,16H,1,4,7,14H2,(H,18,19). The number of carbonyl (C=O) groups is 1. The Hall–Kier alpha value is -2.11. The number of nitrogens with zero attached hydrogens (tertiary/aromatic N) is 1. The molecule has 0 amide bonds. The smallest absolute Gasteiger partial charge is 0.412 e. The Bertz CT molecular complexity index is 547. The minimum atomic E-state index is -1.68. The average Bonchev–Trinajstić information content (AvgIpc) is 3.05. The fourth-order valence-electron chi connectivity index (χ4n) is 2.26. The lowest BCUT2D eigenvalue weighted by atomic mass is 10.0. The van der Waals surface area contributed by atoms with Gasteiger partial charge in [-0.1, -0.05) is 0 Å². The van der Waals surface area contributed by atoms with Gasteiger partial charge in [0.25, 0.3) is 0 Å². The first-order valence-electron chi connectivity index (χ1n) is 6.39. The molecule has 0 radical (unpaired) electrons. The summed E-state index contributed by atoms with van der Waals surface area (Å²) in [4.78, 5) is 13.7. The van der Waals surface area contributed by atoms with Crippen molar-refractivity contribution >= 4 is 25.4 Å². The number of halogens is 1. The molecule has 0 aliphatic carbocycles. The van der Waals surface area contributed by atoms with Crippen LogP contribution < -0.4 is 0 Å². The van der Waals surface area contributed by atoms with E-state index < -0.39 is 13.7 Å². The number of allylic oxidation sites excluding steroid dienone is 3. The maximum Gasteiger partial charge on any atom is 0.412 e. The van der Waals surface area contributed by atoms with Gasteiger partial charge in [-0.15, -0.1) is 0 Å². The zero-order chi connectivity index (χ0) is 13.7. The van der Waals surface area contributed by atoms with Crippen LogP contribution in [0.5, 0.6) is 0 Å². The highest BCUT2D eigenvalue weighted by Gasteiger charge is 2.17. The first-order valence-corrected chi connectivity index (χ1v) is 6.39. The van der Waals surface area contributed by atoms with Crippen molar-refractivity contribution in [3.05, 3.63) is 41.9 Å². The highest BCUT2D eigenvalue weighted by molar-refractivity contribution is 6.17. The van der Waals surface area contributed by atoms with E-state index in [4.69, 9.17) is 5.11 Å². The summed E-state index contributed by atoms with van der Waals surface area (Å²) in [7, 11) is -1.68. The molecule has 0 atom stereocenters. The Morgan fingerprint density at radius 3 is 2.95 bits per heavy atom. The van der Waals surface area contributed by atoms with E-state index in [0.717, 1.165) is 17.0 Å². The maximum absolute atomic E-state index is 13.0. The molecule has 2 rings (SSSR count). The largest absolute Gasteiger partial charge is 0.481 e. The second-order valence-electron chi connectivity index (χ2n) is 4.48. The Kier molecular flexibility index (Phi) is 4.33. The number of hydrogen-bond donors (Lipinski definition) is 2. The van der Waals surface area contributed by atoms with Crippen LogP contribution in [-0.2, 0) is 4.79 Å². The second-order valence-corrected chi connectivity index (χ2v) is 4.48. The third-order valence-electron chi connectivity index (χ3n) is 3.18. The summed E-state index contributed by atoms with van der Waals surface area (Å²) < 4.78 is 14.7. The number of carboxylic acids is 1. The molecule has 1 aromatic heterocycles. The summed E-state index contributed by atoms with van der Waals surface area (Å²) in [5.41, 5.74) is 2.73. The van der Waals surface area contributed by atoms with Crippen molar-refractivity contribution < 1.29 is 18.7 Å². The van der Waals surface area contributed by atoms with Crippen molar-refractivity contribution in [2.75, 3.05) is 0 Å². The molecule has 0 fully saturated rings. The predicted octanol–water partition coefficient (Wildman–Crippen LogP) is 1.60. The normalized spacial score (nSPS) is 16.6. The number of aromatic nitrogens is 1. The second kappa shape index (κ2) is 6.18. The zero-order valence-corrected chi connectivity index (χ0v) is 10.8. The maximum atomic E-state index is 13.0. The van der Waals surface area contributed by atoms with Crippen LogP contribution in [0.25, 0.3) is 5.57 Å². The molecule has 0 saturated carbocycles. The number of H-pyrrole nitrogens is 1. The van der Waals surface area contributed by atoms with E-state index in [2.05, 4.69) is 4.98 Å². The molecule has 4 nitrogen and oxygen atoms in total. The van der Waals surface area contributed by atoms with Gasteiger partial charge in [0, 0.05) is 36.0 Å². The summed E-state index contributed by atoms with van der Waals surface area (Å²) in [6.45, 7) is 0. The molecule has 0 spiro atoms. The summed E-state index contributed by atoms with van der Waals surface area (Å²) in [6.07, 6.45) is 8.51. The lowest BCUT2D eigenvalue weighted by Gasteiger charge is -2.10. The Morgan fingerprint density at radius 1 is 1.47 bits per heavy atom. The van der Waals surface area contributed by atoms with E-state index in [9.17, 15) is 9.11 Å². The van der Waals surface area contributed by atoms with Crippen LogP contribution >= 0.6 is 0 Å². The molecule has 1 aliphatic heterocycles. The van der Waals surface area contributed by atoms with Gasteiger partial charge in [0.05, 0.1) is 0 Å². The third kappa shape index (κ3) is 3.22. The van der Waals surface area contributed by atoms with Gasteiger partial charge in [-0.25, -0.2) is 0 Å². The molecule has 6 heteroatoms. The number of aromatic amines is 1. The molecule has 1 aliphatic rings. The molecule has 100 valence electrons. The Balaban J connectivity index is 2.25. The van der Waals surface area contributed by atoms with Gasteiger partial charge in [0.15, 0.2) is 5.70 Å². The van der Waals surface area contributed by atoms with Crippen molar-refractivity contribution in [2.45, 2.75) is 19.3 Å². The Labute approximate surface area is 111 Å². The summed E-state index contributed by atoms with van der Waals surface area (Å²) in [5.74, 6) is -0.805. The summed E-state index contributed by atoms with van der Waals surface area (Å²) >= 11 is 0. The van der Waals surface area contributed by atoms with Crippen LogP contribution in [0.1, 0.15) is 25.0 Å². The van der Waals surface area contributed by atoms with Gasteiger partial charge >= 0.3 is 13.7 Å². The fraction of sp³-hybridized carbons (Fsp3) is 0.231. The van der Waals surface area contributed by atoms with Crippen molar-refractivity contribution in [3.63, 3.8) is 0 Å². The molecular weight excluding hydrogens is 246 g/mol. The van der Waals surface area contributed by atoms with Crippen LogP contribution in [0.4, 0.5) is 4.32 Å². The molecule has 2 heterocycles. The minimum absolute atomic E-state index is 0.122. The molecule has 2 N–H and O–H groups in total. The van der Waals surface area contributed by atoms with Crippen molar-refractivity contribution in [1.29, 1.82) is 0 Å². The van der Waals surface area contributed by atoms with Crippen LogP contribution in [-0.4, -0.2) is 34.5 Å². The summed E-state index contributed by atoms with van der Waals surface area (Å²) in [6, 6.07) is 3.80. The zero-order valence-electron chi connectivity index (χ0n) is 10.8. The van der Waals surface area contributed by atoms with Crippen LogP contribution in [0, 0.1) is 0 Å². The molecular formula is C13H16BFN2O2. The van der Waals surface area contributed by atoms with E-state index in [1.165, 1.54) is 0 Å². The first kappa shape index (κ1) is 13.3. The average molecular weight is 262 g/mol. The molecule has 0 aromatic carbocycles. The highest BCUT2D eigenvalue weighted by atomic mass is 19.1. The van der Waals surface area contributed by atoms with Gasteiger partial charge in [-0.2, -0.15) is 0 Å². The SMILES string of the molecule is O=C(O)CCCC(=C1C=CC=[N+]1[BH2-]F)c1ccc[nH]1. The van der Waals surface area contributed by atoms with E-state index in [1.54, 1.807) is 10.7 Å². The first-order chi connectivity index (χ1) is 9.22. The van der Waals surface area contributed by atoms with Gasteiger partial charge in [0.2, 0.25) is 0 Å². The number of carboxylic acid groups (broad SMARTS) is 1. The molecule has 19 heavy (non-hydrogen) atoms. The van der Waals surface area contributed by atoms with Gasteiger partial charge in [-0.3, -0.25) is 4.79 Å². The molecule has 0 saturated heterocycles. The molecule has 0 bridgehead atoms. The van der Waals surface area contributed by atoms with Crippen LogP contribution in [0.15, 0.2) is 36.2 Å². The van der Waals surface area contributed by atoms with Gasteiger partial charge in [0.1, 0.15) is 6.21 Å². The topological polar surface area (TPSA) is 56.1 Å². The lowest BCUT2D eigenvalue weighted by Crippen LogP contribution is -2.11. The van der Waals surface area contributed by atoms with Crippen molar-refractivity contribution in [3.8, 4) is 0 Å². The number of aliphatic carboxylic acids is 1. The number of rotatable bonds is 6. The predicted molar refractivity (Wildman–Crippen MR) is 74.3 cm³/mol. The van der Waals surface area contributed by atoms with E-state index >= 15 is 0 Å². The highest BCUT2D eigenvalue weighted by Crippen LogP contribution is 2.26. The fourth-order valence-corrected chi connectivity index (χ4v) is 2.26. The summed E-state index contributed by atoms with van der Waals surface area (Å²) in [5, 5.41) is 8.71. The van der Waals surface area contributed by atoms with E-state index in [-0.39, 0.29) is 6.42 Å². The van der Waals surface area contributed by atoms with Crippen molar-refractivity contribution in [1.82, 2.24) is 4.98 Å².